The SMILES string of the molecule is CCCC[C@@H](COCc1ccccc1)O[Si](C)(C)C(C)(C)C. The molecule has 0 N–H and O–H groups in total. The maximum Gasteiger partial charge on any atom is 0.192 e. The van der Waals surface area contributed by atoms with Crippen LogP contribution in [-0.4, -0.2) is 21.0 Å². The van der Waals surface area contributed by atoms with Gasteiger partial charge < -0.3 is 9.16 Å². The van der Waals surface area contributed by atoms with Gasteiger partial charge in [0, 0.05) is 0 Å². The minimum atomic E-state index is -1.73. The van der Waals surface area contributed by atoms with Crippen molar-refractivity contribution in [1.29, 1.82) is 0 Å². The molecule has 1 aromatic rings. The fourth-order valence-corrected chi connectivity index (χ4v) is 3.46. The molecule has 0 unspecified atom stereocenters. The first-order chi connectivity index (χ1) is 10.3. The highest BCUT2D eigenvalue weighted by atomic mass is 28.4. The van der Waals surface area contributed by atoms with Crippen molar-refractivity contribution in [3.05, 3.63) is 35.9 Å². The lowest BCUT2D eigenvalue weighted by atomic mass is 10.2. The van der Waals surface area contributed by atoms with Gasteiger partial charge in [0.2, 0.25) is 0 Å². The molecule has 126 valence electrons. The maximum atomic E-state index is 6.56. The van der Waals surface area contributed by atoms with Crippen molar-refractivity contribution in [2.24, 2.45) is 0 Å². The predicted octanol–water partition coefficient (Wildman–Crippen LogP) is 5.78. The minimum Gasteiger partial charge on any atom is -0.412 e. The first-order valence-electron chi connectivity index (χ1n) is 8.56. The fraction of sp³-hybridized carbons (Fsp3) is 0.684. The molecular formula is C19H34O2Si. The zero-order valence-corrected chi connectivity index (χ0v) is 16.3. The molecule has 22 heavy (non-hydrogen) atoms. The lowest BCUT2D eigenvalue weighted by molar-refractivity contribution is 0.0296. The molecule has 0 aliphatic rings. The molecular weight excluding hydrogens is 288 g/mol. The Labute approximate surface area is 138 Å². The van der Waals surface area contributed by atoms with Gasteiger partial charge in [-0.15, -0.1) is 0 Å². The summed E-state index contributed by atoms with van der Waals surface area (Å²) in [6, 6.07) is 10.4. The van der Waals surface area contributed by atoms with Crippen molar-refractivity contribution in [2.45, 2.75) is 77.8 Å². The monoisotopic (exact) mass is 322 g/mol. The Kier molecular flexibility index (Phi) is 7.81. The first kappa shape index (κ1) is 19.4. The number of hydrogen-bond donors (Lipinski definition) is 0. The molecule has 0 heterocycles. The van der Waals surface area contributed by atoms with Gasteiger partial charge >= 0.3 is 0 Å². The molecule has 1 rings (SSSR count). The molecule has 0 aromatic heterocycles. The molecule has 0 bridgehead atoms. The van der Waals surface area contributed by atoms with Crippen molar-refractivity contribution >= 4 is 8.32 Å². The van der Waals surface area contributed by atoms with Crippen molar-refractivity contribution in [2.75, 3.05) is 6.61 Å². The van der Waals surface area contributed by atoms with Crippen LogP contribution in [0, 0.1) is 0 Å². The summed E-state index contributed by atoms with van der Waals surface area (Å²) in [5, 5.41) is 0.247. The van der Waals surface area contributed by atoms with Gasteiger partial charge in [-0.25, -0.2) is 0 Å². The lowest BCUT2D eigenvalue weighted by Gasteiger charge is -2.39. The van der Waals surface area contributed by atoms with Gasteiger partial charge in [-0.1, -0.05) is 70.9 Å². The summed E-state index contributed by atoms with van der Waals surface area (Å²) in [6.45, 7) is 15.1. The van der Waals surface area contributed by atoms with Crippen LogP contribution in [0.25, 0.3) is 0 Å². The van der Waals surface area contributed by atoms with E-state index in [0.717, 1.165) is 6.42 Å². The van der Waals surface area contributed by atoms with E-state index in [9.17, 15) is 0 Å². The third-order valence-electron chi connectivity index (χ3n) is 4.56. The summed E-state index contributed by atoms with van der Waals surface area (Å²) in [5.74, 6) is 0. The van der Waals surface area contributed by atoms with Gasteiger partial charge in [-0.05, 0) is 30.1 Å². The quantitative estimate of drug-likeness (QED) is 0.536. The first-order valence-corrected chi connectivity index (χ1v) is 11.5. The van der Waals surface area contributed by atoms with Crippen LogP contribution in [0.15, 0.2) is 30.3 Å². The third-order valence-corrected chi connectivity index (χ3v) is 9.10. The van der Waals surface area contributed by atoms with Crippen LogP contribution < -0.4 is 0 Å². The molecule has 0 fully saturated rings. The third kappa shape index (κ3) is 6.63. The van der Waals surface area contributed by atoms with Gasteiger partial charge in [0.25, 0.3) is 0 Å². The zero-order valence-electron chi connectivity index (χ0n) is 15.3. The Morgan fingerprint density at radius 2 is 1.73 bits per heavy atom. The largest absolute Gasteiger partial charge is 0.412 e. The summed E-state index contributed by atoms with van der Waals surface area (Å²) in [4.78, 5) is 0. The van der Waals surface area contributed by atoms with Crippen LogP contribution >= 0.6 is 0 Å². The van der Waals surface area contributed by atoms with E-state index in [-0.39, 0.29) is 11.1 Å². The fourth-order valence-electron chi connectivity index (χ4n) is 2.08. The summed E-state index contributed by atoms with van der Waals surface area (Å²) >= 11 is 0. The molecule has 0 saturated carbocycles. The lowest BCUT2D eigenvalue weighted by Crippen LogP contribution is -2.45. The molecule has 0 amide bonds. The van der Waals surface area contributed by atoms with Crippen LogP contribution in [0.3, 0.4) is 0 Å². The molecule has 0 saturated heterocycles. The Morgan fingerprint density at radius 3 is 2.27 bits per heavy atom. The van der Waals surface area contributed by atoms with Crippen LogP contribution in [0.2, 0.25) is 18.1 Å². The van der Waals surface area contributed by atoms with E-state index in [1.54, 1.807) is 0 Å². The second-order valence-electron chi connectivity index (χ2n) is 7.64. The Morgan fingerprint density at radius 1 is 1.09 bits per heavy atom. The zero-order chi connectivity index (χ0) is 16.6. The second kappa shape index (κ2) is 8.85. The van der Waals surface area contributed by atoms with Gasteiger partial charge in [0.05, 0.1) is 19.3 Å². The van der Waals surface area contributed by atoms with Gasteiger partial charge in [0.1, 0.15) is 0 Å². The number of benzene rings is 1. The summed E-state index contributed by atoms with van der Waals surface area (Å²) in [6.07, 6.45) is 3.73. The molecule has 0 radical (unpaired) electrons. The molecule has 1 aromatic carbocycles. The average Bonchev–Trinajstić information content (AvgIpc) is 2.44. The number of unbranched alkanes of at least 4 members (excludes halogenated alkanes) is 1. The molecule has 3 heteroatoms. The van der Waals surface area contributed by atoms with Crippen LogP contribution in [0.1, 0.15) is 52.5 Å². The standard InChI is InChI=1S/C19H34O2Si/c1-7-8-14-18(21-22(5,6)19(2,3)4)16-20-15-17-12-10-9-11-13-17/h9-13,18H,7-8,14-16H2,1-6H3/t18-/m0/s1. The van der Waals surface area contributed by atoms with E-state index >= 15 is 0 Å². The summed E-state index contributed by atoms with van der Waals surface area (Å²) in [5.41, 5.74) is 1.23. The van der Waals surface area contributed by atoms with E-state index in [0.29, 0.717) is 13.2 Å². The topological polar surface area (TPSA) is 18.5 Å². The van der Waals surface area contributed by atoms with Crippen molar-refractivity contribution in [3.8, 4) is 0 Å². The van der Waals surface area contributed by atoms with Crippen molar-refractivity contribution in [3.63, 3.8) is 0 Å². The van der Waals surface area contributed by atoms with E-state index < -0.39 is 8.32 Å². The number of ether oxygens (including phenoxy) is 1. The van der Waals surface area contributed by atoms with E-state index in [1.165, 1.54) is 18.4 Å². The minimum absolute atomic E-state index is 0.226. The van der Waals surface area contributed by atoms with Crippen LogP contribution in [-0.2, 0) is 15.8 Å². The molecule has 2 nitrogen and oxygen atoms in total. The normalized spacial score (nSPS) is 14.1. The Bertz CT molecular complexity index is 409. The van der Waals surface area contributed by atoms with E-state index in [2.05, 4.69) is 65.1 Å². The molecule has 1 atom stereocenters. The highest BCUT2D eigenvalue weighted by molar-refractivity contribution is 6.74. The van der Waals surface area contributed by atoms with Gasteiger partial charge in [-0.3, -0.25) is 0 Å². The van der Waals surface area contributed by atoms with Crippen molar-refractivity contribution < 1.29 is 9.16 Å². The summed E-state index contributed by atoms with van der Waals surface area (Å²) in [7, 11) is -1.73. The maximum absolute atomic E-state index is 6.56. The Hall–Kier alpha value is -0.643. The molecule has 0 aliphatic carbocycles. The van der Waals surface area contributed by atoms with E-state index in [4.69, 9.17) is 9.16 Å². The van der Waals surface area contributed by atoms with E-state index in [1.807, 2.05) is 6.07 Å². The van der Waals surface area contributed by atoms with Crippen LogP contribution in [0.5, 0.6) is 0 Å². The number of hydrogen-bond acceptors (Lipinski definition) is 2. The smallest absolute Gasteiger partial charge is 0.192 e. The highest BCUT2D eigenvalue weighted by Crippen LogP contribution is 2.37. The average molecular weight is 323 g/mol. The van der Waals surface area contributed by atoms with Crippen molar-refractivity contribution in [1.82, 2.24) is 0 Å². The van der Waals surface area contributed by atoms with Gasteiger partial charge in [0.15, 0.2) is 8.32 Å². The highest BCUT2D eigenvalue weighted by Gasteiger charge is 2.39. The van der Waals surface area contributed by atoms with Crippen LogP contribution in [0.4, 0.5) is 0 Å². The predicted molar refractivity (Wildman–Crippen MR) is 97.7 cm³/mol. The number of rotatable bonds is 9. The molecule has 0 aliphatic heterocycles. The Balaban J connectivity index is 2.53. The summed E-state index contributed by atoms with van der Waals surface area (Å²) < 4.78 is 12.5. The second-order valence-corrected chi connectivity index (χ2v) is 12.4. The van der Waals surface area contributed by atoms with Gasteiger partial charge in [-0.2, -0.15) is 0 Å². The molecule has 0 spiro atoms.